The Morgan fingerprint density at radius 1 is 1.00 bits per heavy atom. The number of halogens is 2. The largest absolute Gasteiger partial charge is 0.381 e. The molecule has 3 saturated heterocycles. The second-order valence-electron chi connectivity index (χ2n) is 6.83. The standard InChI is InChI=1S/C16H29N3O3.2ClH/c17-15(14-2-9-21-10-3-14)16(20)19-6-4-18(5-7-19)11-13-1-8-22-12-13;;/h13-15H,1-12,17H2;2*1H. The van der Waals surface area contributed by atoms with Gasteiger partial charge in [0.2, 0.25) is 5.91 Å². The van der Waals surface area contributed by atoms with Gasteiger partial charge < -0.3 is 20.1 Å². The van der Waals surface area contributed by atoms with Crippen molar-refractivity contribution < 1.29 is 14.3 Å². The van der Waals surface area contributed by atoms with Gasteiger partial charge in [0.25, 0.3) is 0 Å². The van der Waals surface area contributed by atoms with Crippen molar-refractivity contribution in [3.63, 3.8) is 0 Å². The lowest BCUT2D eigenvalue weighted by Crippen LogP contribution is -2.55. The quantitative estimate of drug-likeness (QED) is 0.776. The average molecular weight is 384 g/mol. The van der Waals surface area contributed by atoms with Crippen molar-refractivity contribution in [1.29, 1.82) is 0 Å². The van der Waals surface area contributed by atoms with Crippen molar-refractivity contribution in [2.45, 2.75) is 25.3 Å². The molecule has 0 saturated carbocycles. The third-order valence-electron chi connectivity index (χ3n) is 5.28. The van der Waals surface area contributed by atoms with Crippen LogP contribution in [0.1, 0.15) is 19.3 Å². The van der Waals surface area contributed by atoms with Crippen molar-refractivity contribution in [2.75, 3.05) is 59.2 Å². The molecule has 0 aromatic heterocycles. The number of hydrogen-bond donors (Lipinski definition) is 1. The van der Waals surface area contributed by atoms with Crippen LogP contribution < -0.4 is 5.73 Å². The van der Waals surface area contributed by atoms with Crippen LogP contribution in [0.2, 0.25) is 0 Å². The molecule has 3 aliphatic heterocycles. The molecule has 3 heterocycles. The number of amides is 1. The summed E-state index contributed by atoms with van der Waals surface area (Å²) in [7, 11) is 0. The van der Waals surface area contributed by atoms with E-state index in [2.05, 4.69) is 4.90 Å². The zero-order valence-corrected chi connectivity index (χ0v) is 15.9. The third-order valence-corrected chi connectivity index (χ3v) is 5.28. The molecule has 142 valence electrons. The van der Waals surface area contributed by atoms with Gasteiger partial charge in [-0.3, -0.25) is 9.69 Å². The van der Waals surface area contributed by atoms with E-state index in [0.29, 0.717) is 5.92 Å². The van der Waals surface area contributed by atoms with Crippen molar-refractivity contribution in [3.8, 4) is 0 Å². The molecule has 0 radical (unpaired) electrons. The van der Waals surface area contributed by atoms with Crippen molar-refractivity contribution in [2.24, 2.45) is 17.6 Å². The first-order valence-corrected chi connectivity index (χ1v) is 8.66. The number of rotatable bonds is 4. The van der Waals surface area contributed by atoms with Gasteiger partial charge in [-0.2, -0.15) is 0 Å². The lowest BCUT2D eigenvalue weighted by atomic mass is 9.91. The third kappa shape index (κ3) is 5.71. The number of hydrogen-bond acceptors (Lipinski definition) is 5. The summed E-state index contributed by atoms with van der Waals surface area (Å²) in [6, 6.07) is -0.348. The Morgan fingerprint density at radius 3 is 2.21 bits per heavy atom. The molecular weight excluding hydrogens is 353 g/mol. The lowest BCUT2D eigenvalue weighted by Gasteiger charge is -2.38. The van der Waals surface area contributed by atoms with E-state index in [-0.39, 0.29) is 42.7 Å². The molecule has 2 unspecified atom stereocenters. The fraction of sp³-hybridized carbons (Fsp3) is 0.938. The molecule has 6 nitrogen and oxygen atoms in total. The monoisotopic (exact) mass is 383 g/mol. The molecule has 2 N–H and O–H groups in total. The van der Waals surface area contributed by atoms with Crippen molar-refractivity contribution in [3.05, 3.63) is 0 Å². The number of piperazine rings is 1. The summed E-state index contributed by atoms with van der Waals surface area (Å²) in [6.07, 6.45) is 3.00. The fourth-order valence-corrected chi connectivity index (χ4v) is 3.73. The van der Waals surface area contributed by atoms with E-state index in [1.165, 1.54) is 6.42 Å². The van der Waals surface area contributed by atoms with Gasteiger partial charge >= 0.3 is 0 Å². The molecule has 3 rings (SSSR count). The Bertz CT molecular complexity index is 370. The highest BCUT2D eigenvalue weighted by molar-refractivity contribution is 5.85. The SMILES string of the molecule is Cl.Cl.NC(C(=O)N1CCN(CC2CCOC2)CC1)C1CCOCC1. The van der Waals surface area contributed by atoms with Gasteiger partial charge in [-0.15, -0.1) is 24.8 Å². The predicted octanol–water partition coefficient (Wildman–Crippen LogP) is 0.765. The fourth-order valence-electron chi connectivity index (χ4n) is 3.73. The second-order valence-corrected chi connectivity index (χ2v) is 6.83. The van der Waals surface area contributed by atoms with E-state index < -0.39 is 0 Å². The molecule has 0 aliphatic carbocycles. The summed E-state index contributed by atoms with van der Waals surface area (Å²) in [5, 5.41) is 0. The van der Waals surface area contributed by atoms with Gasteiger partial charge in [0.1, 0.15) is 0 Å². The molecule has 2 atom stereocenters. The topological polar surface area (TPSA) is 68.0 Å². The first kappa shape index (κ1) is 21.9. The predicted molar refractivity (Wildman–Crippen MR) is 98.0 cm³/mol. The van der Waals surface area contributed by atoms with Gasteiger partial charge in [-0.25, -0.2) is 0 Å². The summed E-state index contributed by atoms with van der Waals surface area (Å²) in [4.78, 5) is 17.0. The number of ether oxygens (including phenoxy) is 2. The average Bonchev–Trinajstić information content (AvgIpc) is 3.08. The molecule has 0 spiro atoms. The molecule has 0 aromatic rings. The van der Waals surface area contributed by atoms with Crippen LogP contribution in [0.4, 0.5) is 0 Å². The summed E-state index contributed by atoms with van der Waals surface area (Å²) in [5.41, 5.74) is 6.21. The van der Waals surface area contributed by atoms with E-state index in [1.807, 2.05) is 4.90 Å². The zero-order chi connectivity index (χ0) is 15.4. The van der Waals surface area contributed by atoms with Crippen LogP contribution in [-0.2, 0) is 14.3 Å². The molecule has 24 heavy (non-hydrogen) atoms. The minimum atomic E-state index is -0.348. The molecule has 3 fully saturated rings. The molecule has 8 heteroatoms. The Labute approximate surface area is 157 Å². The maximum atomic E-state index is 12.6. The van der Waals surface area contributed by atoms with Crippen LogP contribution in [0, 0.1) is 11.8 Å². The highest BCUT2D eigenvalue weighted by atomic mass is 35.5. The van der Waals surface area contributed by atoms with Gasteiger partial charge in [-0.05, 0) is 31.1 Å². The Morgan fingerprint density at radius 2 is 1.62 bits per heavy atom. The van der Waals surface area contributed by atoms with Crippen LogP contribution in [0.15, 0.2) is 0 Å². The highest BCUT2D eigenvalue weighted by Gasteiger charge is 2.32. The summed E-state index contributed by atoms with van der Waals surface area (Å²) < 4.78 is 10.8. The van der Waals surface area contributed by atoms with Crippen LogP contribution in [0.25, 0.3) is 0 Å². The van der Waals surface area contributed by atoms with E-state index in [9.17, 15) is 4.79 Å². The second kappa shape index (κ2) is 10.8. The van der Waals surface area contributed by atoms with Gasteiger partial charge in [0.15, 0.2) is 0 Å². The molecule has 1 amide bonds. The highest BCUT2D eigenvalue weighted by Crippen LogP contribution is 2.20. The van der Waals surface area contributed by atoms with Crippen LogP contribution in [-0.4, -0.2) is 80.9 Å². The molecule has 0 aromatic carbocycles. The van der Waals surface area contributed by atoms with Crippen LogP contribution >= 0.6 is 24.8 Å². The Hall–Kier alpha value is -0.110. The van der Waals surface area contributed by atoms with E-state index in [0.717, 1.165) is 72.0 Å². The van der Waals surface area contributed by atoms with Crippen molar-refractivity contribution in [1.82, 2.24) is 9.80 Å². The lowest BCUT2D eigenvalue weighted by molar-refractivity contribution is -0.136. The van der Waals surface area contributed by atoms with Gasteiger partial charge in [0, 0.05) is 52.5 Å². The Kier molecular flexibility index (Phi) is 9.86. The maximum absolute atomic E-state index is 12.6. The van der Waals surface area contributed by atoms with E-state index >= 15 is 0 Å². The molecule has 3 aliphatic rings. The minimum absolute atomic E-state index is 0. The molecule has 0 bridgehead atoms. The van der Waals surface area contributed by atoms with Crippen LogP contribution in [0.3, 0.4) is 0 Å². The zero-order valence-electron chi connectivity index (χ0n) is 14.2. The number of carbonyl (C=O) groups excluding carboxylic acids is 1. The number of nitrogens with two attached hydrogens (primary N) is 1. The maximum Gasteiger partial charge on any atom is 0.239 e. The van der Waals surface area contributed by atoms with Crippen LogP contribution in [0.5, 0.6) is 0 Å². The first-order valence-electron chi connectivity index (χ1n) is 8.66. The Balaban J connectivity index is 0.00000144. The van der Waals surface area contributed by atoms with E-state index in [1.54, 1.807) is 0 Å². The van der Waals surface area contributed by atoms with Crippen molar-refractivity contribution >= 4 is 30.7 Å². The van der Waals surface area contributed by atoms with E-state index in [4.69, 9.17) is 15.2 Å². The first-order chi connectivity index (χ1) is 10.7. The summed E-state index contributed by atoms with van der Waals surface area (Å²) in [5.74, 6) is 1.09. The normalized spacial score (nSPS) is 27.2. The summed E-state index contributed by atoms with van der Waals surface area (Å²) >= 11 is 0. The summed E-state index contributed by atoms with van der Waals surface area (Å²) in [6.45, 7) is 7.93. The van der Waals surface area contributed by atoms with Gasteiger partial charge in [-0.1, -0.05) is 0 Å². The number of carbonyl (C=O) groups is 1. The number of nitrogens with zero attached hydrogens (tertiary/aromatic N) is 2. The minimum Gasteiger partial charge on any atom is -0.381 e. The smallest absolute Gasteiger partial charge is 0.239 e. The van der Waals surface area contributed by atoms with Gasteiger partial charge in [0.05, 0.1) is 12.6 Å². The molecular formula is C16H31Cl2N3O3.